The molecule has 8 heteroatoms. The van der Waals surface area contributed by atoms with Crippen LogP contribution in [0.4, 0.5) is 10.1 Å². The molecule has 0 saturated carbocycles. The van der Waals surface area contributed by atoms with E-state index < -0.39 is 23.8 Å². The van der Waals surface area contributed by atoms with Crippen LogP contribution in [0.1, 0.15) is 28.5 Å². The van der Waals surface area contributed by atoms with E-state index in [0.29, 0.717) is 5.56 Å². The third-order valence-electron chi connectivity index (χ3n) is 5.41. The second kappa shape index (κ2) is 9.32. The van der Waals surface area contributed by atoms with E-state index in [-0.39, 0.29) is 24.6 Å². The molecule has 2 N–H and O–H groups in total. The normalized spacial score (nSPS) is 17.9. The second-order valence-corrected chi connectivity index (χ2v) is 8.69. The number of nitrogens with one attached hydrogen (secondary N) is 2. The number of benzene rings is 2. The first-order chi connectivity index (χ1) is 15.4. The fourth-order valence-electron chi connectivity index (χ4n) is 3.82. The molecule has 6 nitrogen and oxygen atoms in total. The van der Waals surface area contributed by atoms with Gasteiger partial charge in [0.2, 0.25) is 17.7 Å². The minimum atomic E-state index is -0.659. The predicted molar refractivity (Wildman–Crippen MR) is 120 cm³/mol. The molecule has 0 radical (unpaired) electrons. The number of hydrazine groups is 1. The average molecular weight is 452 g/mol. The maximum Gasteiger partial charge on any atom is 0.244 e. The number of anilines is 1. The maximum absolute atomic E-state index is 13.0. The fraction of sp³-hybridized carbons (Fsp3) is 0.208. The first-order valence-electron chi connectivity index (χ1n) is 10.2. The van der Waals surface area contributed by atoms with E-state index in [9.17, 15) is 18.8 Å². The van der Waals surface area contributed by atoms with Crippen LogP contribution in [0.2, 0.25) is 0 Å². The summed E-state index contributed by atoms with van der Waals surface area (Å²) in [6.45, 7) is 1.97. The van der Waals surface area contributed by atoms with Gasteiger partial charge in [-0.1, -0.05) is 35.9 Å². The summed E-state index contributed by atoms with van der Waals surface area (Å²) in [5, 5.41) is 1.91. The fourth-order valence-corrected chi connectivity index (χ4v) is 4.70. The molecule has 0 bridgehead atoms. The molecule has 2 unspecified atom stereocenters. The molecule has 3 aromatic rings. The Morgan fingerprint density at radius 1 is 1.06 bits per heavy atom. The zero-order valence-electron chi connectivity index (χ0n) is 17.4. The summed E-state index contributed by atoms with van der Waals surface area (Å²) in [7, 11) is 0. The third-order valence-corrected chi connectivity index (χ3v) is 6.35. The Morgan fingerprint density at radius 2 is 1.78 bits per heavy atom. The predicted octanol–water partition coefficient (Wildman–Crippen LogP) is 3.68. The molecule has 1 aliphatic heterocycles. The molecule has 0 aliphatic carbocycles. The zero-order valence-corrected chi connectivity index (χ0v) is 18.2. The monoisotopic (exact) mass is 451 g/mol. The Hall–Kier alpha value is -3.52. The van der Waals surface area contributed by atoms with Gasteiger partial charge >= 0.3 is 0 Å². The van der Waals surface area contributed by atoms with Crippen LogP contribution in [0.15, 0.2) is 66.0 Å². The molecule has 2 atom stereocenters. The Balaban J connectivity index is 1.48. The lowest BCUT2D eigenvalue weighted by Gasteiger charge is -2.27. The van der Waals surface area contributed by atoms with E-state index in [1.165, 1.54) is 35.6 Å². The summed E-state index contributed by atoms with van der Waals surface area (Å²) >= 11 is 1.48. The van der Waals surface area contributed by atoms with Crippen LogP contribution in [-0.2, 0) is 20.8 Å². The Labute approximate surface area is 189 Å². The number of hydrogen-bond acceptors (Lipinski definition) is 4. The highest BCUT2D eigenvalue weighted by atomic mass is 32.1. The molecule has 4 rings (SSSR count). The molecule has 1 saturated heterocycles. The lowest BCUT2D eigenvalue weighted by Crippen LogP contribution is -2.46. The van der Waals surface area contributed by atoms with Crippen molar-refractivity contribution in [2.75, 3.05) is 4.90 Å². The third kappa shape index (κ3) is 4.70. The highest BCUT2D eigenvalue weighted by Gasteiger charge is 2.45. The molecule has 2 aromatic carbocycles. The number of rotatable bonds is 5. The van der Waals surface area contributed by atoms with Gasteiger partial charge in [-0.25, -0.2) is 4.39 Å². The molecule has 2 heterocycles. The van der Waals surface area contributed by atoms with E-state index in [0.717, 1.165) is 16.1 Å². The molecule has 1 aromatic heterocycles. The molecule has 1 fully saturated rings. The summed E-state index contributed by atoms with van der Waals surface area (Å²) in [6, 6.07) is 16.5. The molecular formula is C24H22FN3O3S. The second-order valence-electron chi connectivity index (χ2n) is 7.71. The van der Waals surface area contributed by atoms with Crippen LogP contribution in [-0.4, -0.2) is 17.7 Å². The number of carbonyl (C=O) groups is 3. The number of nitrogens with zero attached hydrogens (tertiary/aromatic N) is 1. The van der Waals surface area contributed by atoms with E-state index in [4.69, 9.17) is 0 Å². The summed E-state index contributed by atoms with van der Waals surface area (Å²) in [5.41, 5.74) is 7.30. The van der Waals surface area contributed by atoms with Crippen LogP contribution < -0.4 is 15.8 Å². The van der Waals surface area contributed by atoms with Crippen LogP contribution >= 0.6 is 11.3 Å². The molecule has 1 aliphatic rings. The Kier molecular flexibility index (Phi) is 6.32. The van der Waals surface area contributed by atoms with Crippen molar-refractivity contribution < 1.29 is 18.8 Å². The number of halogens is 1. The van der Waals surface area contributed by atoms with E-state index >= 15 is 0 Å². The number of thiophene rings is 1. The average Bonchev–Trinajstić information content (AvgIpc) is 3.42. The Bertz CT molecular complexity index is 1110. The van der Waals surface area contributed by atoms with Gasteiger partial charge in [0.15, 0.2) is 0 Å². The van der Waals surface area contributed by atoms with Crippen molar-refractivity contribution in [3.8, 4) is 0 Å². The van der Waals surface area contributed by atoms with Crippen molar-refractivity contribution in [1.82, 2.24) is 10.9 Å². The zero-order chi connectivity index (χ0) is 22.7. The van der Waals surface area contributed by atoms with Gasteiger partial charge in [-0.3, -0.25) is 25.2 Å². The molecule has 32 heavy (non-hydrogen) atoms. The minimum absolute atomic E-state index is 0.00595. The van der Waals surface area contributed by atoms with Gasteiger partial charge in [0.1, 0.15) is 5.82 Å². The summed E-state index contributed by atoms with van der Waals surface area (Å²) < 4.78 is 13.0. The van der Waals surface area contributed by atoms with Crippen LogP contribution in [0, 0.1) is 18.7 Å². The lowest BCUT2D eigenvalue weighted by atomic mass is 9.98. The SMILES string of the molecule is Cc1ccc(N2C(=O)CC(C(=O)NNC(=O)Cc3ccc(F)cc3)C2c2cccs2)cc1. The number of amides is 3. The summed E-state index contributed by atoms with van der Waals surface area (Å²) in [5.74, 6) is -2.05. The summed E-state index contributed by atoms with van der Waals surface area (Å²) in [4.78, 5) is 40.7. The first-order valence-corrected chi connectivity index (χ1v) is 11.1. The van der Waals surface area contributed by atoms with Gasteiger partial charge < -0.3 is 4.90 Å². The number of hydrogen-bond donors (Lipinski definition) is 2. The van der Waals surface area contributed by atoms with Crippen molar-refractivity contribution in [3.63, 3.8) is 0 Å². The summed E-state index contributed by atoms with van der Waals surface area (Å²) in [6.07, 6.45) is 0.0319. The van der Waals surface area contributed by atoms with Crippen molar-refractivity contribution in [2.24, 2.45) is 5.92 Å². The van der Waals surface area contributed by atoms with Gasteiger partial charge in [0.25, 0.3) is 0 Å². The van der Waals surface area contributed by atoms with Crippen LogP contribution in [0.5, 0.6) is 0 Å². The van der Waals surface area contributed by atoms with Crippen molar-refractivity contribution in [1.29, 1.82) is 0 Å². The smallest absolute Gasteiger partial charge is 0.244 e. The van der Waals surface area contributed by atoms with E-state index in [1.54, 1.807) is 4.90 Å². The van der Waals surface area contributed by atoms with E-state index in [2.05, 4.69) is 10.9 Å². The Morgan fingerprint density at radius 3 is 2.44 bits per heavy atom. The van der Waals surface area contributed by atoms with Gasteiger partial charge in [-0.05, 0) is 48.2 Å². The quantitative estimate of drug-likeness (QED) is 0.581. The standard InChI is InChI=1S/C24H22FN3O3S/c1-15-4-10-18(11-5-15)28-22(30)14-19(23(28)20-3-2-12-32-20)24(31)27-26-21(29)13-16-6-8-17(25)9-7-16/h2-12,19,23H,13-14H2,1H3,(H,26,29)(H,27,31). The number of aryl methyl sites for hydroxylation is 1. The van der Waals surface area contributed by atoms with Crippen molar-refractivity contribution in [3.05, 3.63) is 87.9 Å². The molecule has 0 spiro atoms. The topological polar surface area (TPSA) is 78.5 Å². The van der Waals surface area contributed by atoms with Gasteiger partial charge in [-0.15, -0.1) is 11.3 Å². The lowest BCUT2D eigenvalue weighted by molar-refractivity contribution is -0.131. The largest absolute Gasteiger partial charge is 0.303 e. The minimum Gasteiger partial charge on any atom is -0.303 e. The van der Waals surface area contributed by atoms with Crippen molar-refractivity contribution >= 4 is 34.7 Å². The van der Waals surface area contributed by atoms with Gasteiger partial charge in [-0.2, -0.15) is 0 Å². The van der Waals surface area contributed by atoms with Gasteiger partial charge in [0, 0.05) is 17.0 Å². The highest BCUT2D eigenvalue weighted by Crippen LogP contribution is 2.43. The van der Waals surface area contributed by atoms with Crippen molar-refractivity contribution in [2.45, 2.75) is 25.8 Å². The van der Waals surface area contributed by atoms with E-state index in [1.807, 2.05) is 48.7 Å². The van der Waals surface area contributed by atoms with Crippen LogP contribution in [0.3, 0.4) is 0 Å². The maximum atomic E-state index is 13.0. The highest BCUT2D eigenvalue weighted by molar-refractivity contribution is 7.10. The molecular weight excluding hydrogens is 429 g/mol. The molecule has 164 valence electrons. The van der Waals surface area contributed by atoms with Crippen LogP contribution in [0.25, 0.3) is 0 Å². The molecule has 3 amide bonds. The van der Waals surface area contributed by atoms with Gasteiger partial charge in [0.05, 0.1) is 18.4 Å². The number of carbonyl (C=O) groups excluding carboxylic acids is 3. The first kappa shape index (κ1) is 21.7.